The minimum Gasteiger partial charge on any atom is -0.508 e. The number of nitrogens with zero attached hydrogens (tertiary/aromatic N) is 4. The van der Waals surface area contributed by atoms with E-state index in [0.717, 1.165) is 44.8 Å². The molecule has 10 heteroatoms. The topological polar surface area (TPSA) is 87.7 Å². The van der Waals surface area contributed by atoms with Gasteiger partial charge in [0.25, 0.3) is 0 Å². The molecule has 0 unspecified atom stereocenters. The molecule has 1 aromatic heterocycles. The average Bonchev–Trinajstić information content (AvgIpc) is 3.52. The Balaban J connectivity index is 1.55. The summed E-state index contributed by atoms with van der Waals surface area (Å²) in [6.07, 6.45) is 4.47. The minimum absolute atomic E-state index is 0.0300. The number of aromatic nitrogens is 2. The van der Waals surface area contributed by atoms with Gasteiger partial charge >= 0.3 is 6.01 Å². The number of anilines is 1. The number of aromatic hydroxyl groups is 1. The van der Waals surface area contributed by atoms with Crippen LogP contribution in [0.1, 0.15) is 38.2 Å². The van der Waals surface area contributed by atoms with E-state index in [2.05, 4.69) is 21.4 Å². The monoisotopic (exact) mass is 577 g/mol. The van der Waals surface area contributed by atoms with Crippen molar-refractivity contribution < 1.29 is 23.0 Å². The Morgan fingerprint density at radius 2 is 1.86 bits per heavy atom. The molecule has 220 valence electrons. The Morgan fingerprint density at radius 1 is 1.12 bits per heavy atom. The van der Waals surface area contributed by atoms with Gasteiger partial charge < -0.3 is 20.5 Å². The molecule has 0 saturated carbocycles. The van der Waals surface area contributed by atoms with E-state index in [1.54, 1.807) is 18.9 Å². The van der Waals surface area contributed by atoms with Crippen molar-refractivity contribution in [3.63, 3.8) is 0 Å². The van der Waals surface area contributed by atoms with Crippen molar-refractivity contribution in [2.24, 2.45) is 5.73 Å². The number of halogens is 3. The molecular weight excluding hydrogens is 543 g/mol. The van der Waals surface area contributed by atoms with Crippen LogP contribution < -0.4 is 15.4 Å². The van der Waals surface area contributed by atoms with E-state index in [1.165, 1.54) is 24.3 Å². The van der Waals surface area contributed by atoms with E-state index in [9.17, 15) is 9.50 Å². The first-order valence-electron chi connectivity index (χ1n) is 14.3. The Hall–Kier alpha value is -4.05. The van der Waals surface area contributed by atoms with Crippen molar-refractivity contribution >= 4 is 27.5 Å². The zero-order valence-electron chi connectivity index (χ0n) is 23.8. The summed E-state index contributed by atoms with van der Waals surface area (Å²) in [5.41, 5.74) is 5.88. The van der Waals surface area contributed by atoms with Crippen molar-refractivity contribution in [3.05, 3.63) is 65.6 Å². The highest BCUT2D eigenvalue weighted by Gasteiger charge is 2.45. The van der Waals surface area contributed by atoms with Gasteiger partial charge in [-0.1, -0.05) is 19.6 Å². The van der Waals surface area contributed by atoms with Gasteiger partial charge in [-0.15, -0.1) is 0 Å². The summed E-state index contributed by atoms with van der Waals surface area (Å²) in [6.45, 7) is 8.09. The van der Waals surface area contributed by atoms with Crippen molar-refractivity contribution in [2.45, 2.75) is 44.6 Å². The van der Waals surface area contributed by atoms with Crippen LogP contribution in [0.2, 0.25) is 0 Å². The van der Waals surface area contributed by atoms with Gasteiger partial charge in [0.05, 0.1) is 17.6 Å². The van der Waals surface area contributed by atoms with Gasteiger partial charge in [0, 0.05) is 18.1 Å². The van der Waals surface area contributed by atoms with E-state index < -0.39 is 23.0 Å². The number of likely N-dealkylation sites (N-methyl/N-ethyl adjacent to an activating group) is 1. The molecule has 0 bridgehead atoms. The van der Waals surface area contributed by atoms with Gasteiger partial charge in [0.1, 0.15) is 35.3 Å². The minimum atomic E-state index is -0.960. The third-order valence-corrected chi connectivity index (χ3v) is 8.70. The van der Waals surface area contributed by atoms with Crippen molar-refractivity contribution in [1.29, 1.82) is 0 Å². The molecule has 0 atom stereocenters. The Morgan fingerprint density at radius 3 is 2.55 bits per heavy atom. The summed E-state index contributed by atoms with van der Waals surface area (Å²) >= 11 is 0. The highest BCUT2D eigenvalue weighted by molar-refractivity contribution is 6.03. The number of phenols is 1. The molecule has 6 rings (SSSR count). The number of phenolic OH excluding ortho intramolecular Hbond substituents is 1. The zero-order valence-corrected chi connectivity index (χ0v) is 23.8. The number of fused-ring (bicyclic) bond motifs is 3. The first-order chi connectivity index (χ1) is 20.1. The standard InChI is InChI=1S/C32H34F3N5O2/c1-4-21-24(33)8-7-19-13-20(41)14-22(26(19)21)27-25(34)15-23-29(28(27)35)37-31(38-30(23)39(3)16-18(2)36)42-17-32-9-5-11-40(32)12-6-10-32/h7-8,13-15,41H,2,4-6,9-12,16-17,36H2,1,3H3. The van der Waals surface area contributed by atoms with Crippen molar-refractivity contribution in [1.82, 2.24) is 14.9 Å². The molecular formula is C32H34F3N5O2. The molecule has 2 fully saturated rings. The van der Waals surface area contributed by atoms with Crippen LogP contribution >= 0.6 is 0 Å². The average molecular weight is 578 g/mol. The maximum atomic E-state index is 16.6. The fourth-order valence-electron chi connectivity index (χ4n) is 6.84. The highest BCUT2D eigenvalue weighted by Crippen LogP contribution is 2.42. The third kappa shape index (κ3) is 4.67. The molecule has 3 N–H and O–H groups in total. The summed E-state index contributed by atoms with van der Waals surface area (Å²) in [5.74, 6) is -2.31. The summed E-state index contributed by atoms with van der Waals surface area (Å²) in [6, 6.07) is 6.61. The molecule has 3 aromatic carbocycles. The Kier molecular flexibility index (Phi) is 7.12. The van der Waals surface area contributed by atoms with E-state index in [0.29, 0.717) is 28.6 Å². The second kappa shape index (κ2) is 10.7. The Bertz CT molecular complexity index is 1720. The second-order valence-electron chi connectivity index (χ2n) is 11.5. The number of aryl methyl sites for hydroxylation is 1. The third-order valence-electron chi connectivity index (χ3n) is 8.70. The quantitative estimate of drug-likeness (QED) is 0.264. The van der Waals surface area contributed by atoms with Crippen molar-refractivity contribution in [3.8, 4) is 22.9 Å². The molecule has 4 aromatic rings. The van der Waals surface area contributed by atoms with Crippen LogP contribution in [0.3, 0.4) is 0 Å². The van der Waals surface area contributed by atoms with Crippen LogP contribution in [-0.2, 0) is 6.42 Å². The predicted octanol–water partition coefficient (Wildman–Crippen LogP) is 6.05. The lowest BCUT2D eigenvalue weighted by atomic mass is 9.91. The van der Waals surface area contributed by atoms with Crippen LogP contribution in [-0.4, -0.2) is 58.8 Å². The molecule has 3 heterocycles. The first-order valence-corrected chi connectivity index (χ1v) is 14.3. The summed E-state index contributed by atoms with van der Waals surface area (Å²) < 4.78 is 53.7. The summed E-state index contributed by atoms with van der Waals surface area (Å²) in [7, 11) is 1.70. The van der Waals surface area contributed by atoms with Gasteiger partial charge in [0.15, 0.2) is 5.82 Å². The van der Waals surface area contributed by atoms with Gasteiger partial charge in [-0.25, -0.2) is 13.2 Å². The maximum absolute atomic E-state index is 16.6. The fourth-order valence-corrected chi connectivity index (χ4v) is 6.84. The van der Waals surface area contributed by atoms with E-state index in [4.69, 9.17) is 10.5 Å². The van der Waals surface area contributed by atoms with Crippen molar-refractivity contribution in [2.75, 3.05) is 38.2 Å². The fraction of sp³-hybridized carbons (Fsp3) is 0.375. The normalized spacial score (nSPS) is 16.3. The van der Waals surface area contributed by atoms with Gasteiger partial charge in [0.2, 0.25) is 0 Å². The first kappa shape index (κ1) is 28.1. The highest BCUT2D eigenvalue weighted by atomic mass is 19.1. The summed E-state index contributed by atoms with van der Waals surface area (Å²) in [4.78, 5) is 13.1. The molecule has 2 aliphatic heterocycles. The zero-order chi connectivity index (χ0) is 29.8. The lowest BCUT2D eigenvalue weighted by molar-refractivity contribution is 0.108. The molecule has 7 nitrogen and oxygen atoms in total. The van der Waals surface area contributed by atoms with Gasteiger partial charge in [-0.3, -0.25) is 4.90 Å². The summed E-state index contributed by atoms with van der Waals surface area (Å²) in [5, 5.41) is 11.4. The number of rotatable bonds is 8. The lowest BCUT2D eigenvalue weighted by Crippen LogP contribution is -2.43. The molecule has 0 aliphatic carbocycles. The molecule has 0 radical (unpaired) electrons. The molecule has 42 heavy (non-hydrogen) atoms. The predicted molar refractivity (Wildman–Crippen MR) is 158 cm³/mol. The van der Waals surface area contributed by atoms with Crippen LogP contribution in [0.25, 0.3) is 32.8 Å². The number of hydrogen-bond donors (Lipinski definition) is 2. The van der Waals surface area contributed by atoms with E-state index in [-0.39, 0.29) is 52.5 Å². The van der Waals surface area contributed by atoms with Crippen LogP contribution in [0.15, 0.2) is 42.6 Å². The largest absolute Gasteiger partial charge is 0.508 e. The number of nitrogens with two attached hydrogens (primary N) is 1. The van der Waals surface area contributed by atoms with E-state index >= 15 is 8.78 Å². The number of ether oxygens (including phenoxy) is 1. The SMILES string of the molecule is C=C(N)CN(C)c1nc(OCC23CCCN2CCC3)nc2c(F)c(-c3cc(O)cc4ccc(F)c(CC)c34)c(F)cc12. The van der Waals surface area contributed by atoms with E-state index in [1.807, 2.05) is 0 Å². The second-order valence-corrected chi connectivity index (χ2v) is 11.5. The van der Waals surface area contributed by atoms with Crippen LogP contribution in [0, 0.1) is 17.5 Å². The Labute approximate surface area is 242 Å². The maximum Gasteiger partial charge on any atom is 0.319 e. The van der Waals surface area contributed by atoms with Crippen LogP contribution in [0.4, 0.5) is 19.0 Å². The van der Waals surface area contributed by atoms with Gasteiger partial charge in [-0.05, 0) is 91.4 Å². The molecule has 0 spiro atoms. The molecule has 2 aliphatic rings. The molecule has 0 amide bonds. The smallest absolute Gasteiger partial charge is 0.319 e. The van der Waals surface area contributed by atoms with Gasteiger partial charge in [-0.2, -0.15) is 9.97 Å². The number of benzene rings is 3. The van der Waals surface area contributed by atoms with Crippen LogP contribution in [0.5, 0.6) is 11.8 Å². The molecule has 2 saturated heterocycles. The number of hydrogen-bond acceptors (Lipinski definition) is 7. The lowest BCUT2D eigenvalue weighted by Gasteiger charge is -2.31.